The lowest BCUT2D eigenvalue weighted by molar-refractivity contribution is 0.102. The van der Waals surface area contributed by atoms with Crippen LogP contribution in [-0.4, -0.2) is 24.8 Å². The summed E-state index contributed by atoms with van der Waals surface area (Å²) in [5.74, 6) is 1.23. The number of fused-ring (bicyclic) bond motifs is 1. The second-order valence-corrected chi connectivity index (χ2v) is 6.51. The lowest BCUT2D eigenvalue weighted by Gasteiger charge is -2.07. The molecule has 6 nitrogen and oxygen atoms in total. The van der Waals surface area contributed by atoms with Crippen molar-refractivity contribution < 1.29 is 19.0 Å². The Morgan fingerprint density at radius 3 is 2.96 bits per heavy atom. The van der Waals surface area contributed by atoms with Crippen LogP contribution in [0.3, 0.4) is 0 Å². The van der Waals surface area contributed by atoms with Gasteiger partial charge in [0.1, 0.15) is 0 Å². The van der Waals surface area contributed by atoms with Gasteiger partial charge in [0.2, 0.25) is 6.79 Å². The molecule has 1 amide bonds. The number of nitrogens with one attached hydrogen (secondary N) is 1. The molecule has 3 aromatic rings. The van der Waals surface area contributed by atoms with Crippen LogP contribution in [-0.2, 0) is 11.3 Å². The molecule has 0 unspecified atom stereocenters. The number of benzene rings is 2. The molecule has 26 heavy (non-hydrogen) atoms. The number of thiazole rings is 1. The summed E-state index contributed by atoms with van der Waals surface area (Å²) in [5.41, 5.74) is 3.09. The number of hydrogen-bond acceptors (Lipinski definition) is 6. The summed E-state index contributed by atoms with van der Waals surface area (Å²) < 4.78 is 15.9. The molecule has 0 spiro atoms. The van der Waals surface area contributed by atoms with E-state index in [1.165, 1.54) is 11.3 Å². The first kappa shape index (κ1) is 16.6. The number of carbonyl (C=O) groups excluding carboxylic acids is 1. The normalized spacial score (nSPS) is 12.2. The van der Waals surface area contributed by atoms with Crippen LogP contribution in [0.15, 0.2) is 47.8 Å². The first-order valence-corrected chi connectivity index (χ1v) is 8.86. The van der Waals surface area contributed by atoms with Crippen molar-refractivity contribution in [2.75, 3.05) is 19.2 Å². The van der Waals surface area contributed by atoms with Crippen LogP contribution in [0, 0.1) is 0 Å². The monoisotopic (exact) mass is 368 g/mol. The molecule has 1 aliphatic heterocycles. The highest BCUT2D eigenvalue weighted by atomic mass is 32.1. The van der Waals surface area contributed by atoms with Gasteiger partial charge in [-0.1, -0.05) is 18.2 Å². The van der Waals surface area contributed by atoms with E-state index >= 15 is 0 Å². The molecule has 0 atom stereocenters. The van der Waals surface area contributed by atoms with Crippen LogP contribution in [0.5, 0.6) is 11.5 Å². The van der Waals surface area contributed by atoms with Crippen molar-refractivity contribution in [3.63, 3.8) is 0 Å². The van der Waals surface area contributed by atoms with Crippen molar-refractivity contribution in [2.45, 2.75) is 6.61 Å². The van der Waals surface area contributed by atoms with E-state index in [1.807, 2.05) is 41.8 Å². The van der Waals surface area contributed by atoms with Gasteiger partial charge < -0.3 is 14.2 Å². The van der Waals surface area contributed by atoms with E-state index in [-0.39, 0.29) is 12.7 Å². The summed E-state index contributed by atoms with van der Waals surface area (Å²) in [7, 11) is 1.60. The van der Waals surface area contributed by atoms with Gasteiger partial charge in [-0.25, -0.2) is 4.98 Å². The smallest absolute Gasteiger partial charge is 0.257 e. The highest BCUT2D eigenvalue weighted by Crippen LogP contribution is 2.36. The first-order chi connectivity index (χ1) is 12.7. The summed E-state index contributed by atoms with van der Waals surface area (Å²) in [6.07, 6.45) is 0. The van der Waals surface area contributed by atoms with E-state index in [9.17, 15) is 4.79 Å². The van der Waals surface area contributed by atoms with Gasteiger partial charge in [-0.05, 0) is 29.8 Å². The second-order valence-electron chi connectivity index (χ2n) is 5.65. The Kier molecular flexibility index (Phi) is 4.55. The van der Waals surface area contributed by atoms with Gasteiger partial charge in [-0.15, -0.1) is 11.3 Å². The third-order valence-corrected chi connectivity index (χ3v) is 4.71. The van der Waals surface area contributed by atoms with E-state index in [2.05, 4.69) is 10.3 Å². The standard InChI is InChI=1S/C19H16N2O4S/c1-23-9-13-4-2-3-5-14(13)18(22)21-19-20-15(10-26-19)12-6-7-16-17(8-12)25-11-24-16/h2-8,10H,9,11H2,1H3,(H,20,21,22). The Hall–Kier alpha value is -2.90. The lowest BCUT2D eigenvalue weighted by Crippen LogP contribution is -2.14. The number of aromatic nitrogens is 1. The van der Waals surface area contributed by atoms with Gasteiger partial charge in [0.25, 0.3) is 5.91 Å². The fourth-order valence-corrected chi connectivity index (χ4v) is 3.42. The highest BCUT2D eigenvalue weighted by molar-refractivity contribution is 7.14. The molecular formula is C19H16N2O4S. The van der Waals surface area contributed by atoms with E-state index < -0.39 is 0 Å². The van der Waals surface area contributed by atoms with Crippen molar-refractivity contribution in [3.05, 3.63) is 59.0 Å². The number of nitrogens with zero attached hydrogens (tertiary/aromatic N) is 1. The molecule has 1 aromatic heterocycles. The zero-order valence-electron chi connectivity index (χ0n) is 14.0. The third kappa shape index (κ3) is 3.26. The van der Waals surface area contributed by atoms with Crippen molar-refractivity contribution in [1.82, 2.24) is 4.98 Å². The van der Waals surface area contributed by atoms with Gasteiger partial charge >= 0.3 is 0 Å². The minimum absolute atomic E-state index is 0.204. The Morgan fingerprint density at radius 2 is 2.08 bits per heavy atom. The Bertz CT molecular complexity index is 954. The van der Waals surface area contributed by atoms with Crippen molar-refractivity contribution in [1.29, 1.82) is 0 Å². The molecule has 0 radical (unpaired) electrons. The molecule has 2 heterocycles. The van der Waals surface area contributed by atoms with Gasteiger partial charge in [0, 0.05) is 23.6 Å². The number of amides is 1. The van der Waals surface area contributed by atoms with E-state index in [0.29, 0.717) is 23.1 Å². The minimum atomic E-state index is -0.204. The molecule has 1 aliphatic rings. The Morgan fingerprint density at radius 1 is 1.23 bits per heavy atom. The zero-order valence-corrected chi connectivity index (χ0v) is 14.8. The second kappa shape index (κ2) is 7.15. The van der Waals surface area contributed by atoms with Crippen LogP contribution < -0.4 is 14.8 Å². The quantitative estimate of drug-likeness (QED) is 0.739. The summed E-state index contributed by atoms with van der Waals surface area (Å²) >= 11 is 1.37. The molecule has 0 aliphatic carbocycles. The van der Waals surface area contributed by atoms with Crippen LogP contribution in [0.1, 0.15) is 15.9 Å². The maximum absolute atomic E-state index is 12.6. The molecule has 1 N–H and O–H groups in total. The predicted octanol–water partition coefficient (Wildman–Crippen LogP) is 3.94. The fraction of sp³-hybridized carbons (Fsp3) is 0.158. The van der Waals surface area contributed by atoms with E-state index in [1.54, 1.807) is 13.2 Å². The lowest BCUT2D eigenvalue weighted by atomic mass is 10.1. The third-order valence-electron chi connectivity index (χ3n) is 3.95. The van der Waals surface area contributed by atoms with Crippen LogP contribution in [0.25, 0.3) is 11.3 Å². The van der Waals surface area contributed by atoms with Gasteiger partial charge in [-0.2, -0.15) is 0 Å². The number of hydrogen-bond donors (Lipinski definition) is 1. The highest BCUT2D eigenvalue weighted by Gasteiger charge is 2.16. The zero-order chi connectivity index (χ0) is 17.9. The van der Waals surface area contributed by atoms with Crippen molar-refractivity contribution in [2.24, 2.45) is 0 Å². The van der Waals surface area contributed by atoms with Crippen molar-refractivity contribution >= 4 is 22.4 Å². The molecule has 0 bridgehead atoms. The summed E-state index contributed by atoms with van der Waals surface area (Å²) in [4.78, 5) is 17.1. The Labute approximate surface area is 154 Å². The predicted molar refractivity (Wildman–Crippen MR) is 98.8 cm³/mol. The van der Waals surface area contributed by atoms with E-state index in [0.717, 1.165) is 22.6 Å². The molecule has 0 saturated carbocycles. The van der Waals surface area contributed by atoms with Crippen LogP contribution in [0.4, 0.5) is 5.13 Å². The Balaban J connectivity index is 1.53. The average Bonchev–Trinajstić information content (AvgIpc) is 3.31. The number of carbonyl (C=O) groups is 1. The van der Waals surface area contributed by atoms with Crippen molar-refractivity contribution in [3.8, 4) is 22.8 Å². The largest absolute Gasteiger partial charge is 0.454 e. The van der Waals surface area contributed by atoms with Gasteiger partial charge in [0.05, 0.1) is 12.3 Å². The summed E-state index contributed by atoms with van der Waals surface area (Å²) in [6, 6.07) is 13.0. The summed E-state index contributed by atoms with van der Waals surface area (Å²) in [5, 5.41) is 5.29. The number of anilines is 1. The number of rotatable bonds is 5. The van der Waals surface area contributed by atoms with Gasteiger partial charge in [-0.3, -0.25) is 10.1 Å². The number of ether oxygens (including phenoxy) is 3. The molecule has 4 rings (SSSR count). The maximum atomic E-state index is 12.6. The van der Waals surface area contributed by atoms with Crippen LogP contribution in [0.2, 0.25) is 0 Å². The molecule has 0 saturated heterocycles. The summed E-state index contributed by atoms with van der Waals surface area (Å²) in [6.45, 7) is 0.613. The van der Waals surface area contributed by atoms with Gasteiger partial charge in [0.15, 0.2) is 16.6 Å². The molecular weight excluding hydrogens is 352 g/mol. The van der Waals surface area contributed by atoms with E-state index in [4.69, 9.17) is 14.2 Å². The molecule has 132 valence electrons. The topological polar surface area (TPSA) is 69.7 Å². The minimum Gasteiger partial charge on any atom is -0.454 e. The first-order valence-electron chi connectivity index (χ1n) is 7.98. The molecule has 7 heteroatoms. The van der Waals surface area contributed by atoms with Crippen LogP contribution >= 0.6 is 11.3 Å². The average molecular weight is 368 g/mol. The fourth-order valence-electron chi connectivity index (χ4n) is 2.71. The SMILES string of the molecule is COCc1ccccc1C(=O)Nc1nc(-c2ccc3c(c2)OCO3)cs1. The number of methoxy groups -OCH3 is 1. The maximum Gasteiger partial charge on any atom is 0.257 e. The molecule has 2 aromatic carbocycles. The molecule has 0 fully saturated rings.